The Balaban J connectivity index is 1.59. The van der Waals surface area contributed by atoms with E-state index in [-0.39, 0.29) is 10.8 Å². The van der Waals surface area contributed by atoms with Gasteiger partial charge in [0.1, 0.15) is 11.3 Å². The third kappa shape index (κ3) is 3.36. The molecule has 1 aromatic heterocycles. The van der Waals surface area contributed by atoms with Crippen LogP contribution < -0.4 is 10.4 Å². The minimum atomic E-state index is -3.61. The fourth-order valence-corrected chi connectivity index (χ4v) is 4.99. The Morgan fingerprint density at radius 1 is 1.07 bits per heavy atom. The quantitative estimate of drug-likeness (QED) is 0.646. The number of hydrogen-bond donors (Lipinski definition) is 0. The summed E-state index contributed by atoms with van der Waals surface area (Å²) in [4.78, 5) is 11.5. The fraction of sp³-hybridized carbons (Fsp3) is 0.250. The largest absolute Gasteiger partial charge is 0.497 e. The summed E-state index contributed by atoms with van der Waals surface area (Å²) >= 11 is 0. The lowest BCUT2D eigenvalue weighted by atomic mass is 9.99. The normalized spacial score (nSPS) is 18.0. The Morgan fingerprint density at radius 3 is 2.59 bits per heavy atom. The van der Waals surface area contributed by atoms with Gasteiger partial charge in [-0.25, -0.2) is 13.2 Å². The SMILES string of the molecule is COc1ccc(C2CCN(S(=O)(=O)c3ccc4oc(=O)ccc4c3)C2)cc1. The van der Waals surface area contributed by atoms with Crippen LogP contribution in [0.3, 0.4) is 0 Å². The van der Waals surface area contributed by atoms with Crippen LogP contribution in [0.1, 0.15) is 17.9 Å². The van der Waals surface area contributed by atoms with Crippen LogP contribution in [0, 0.1) is 0 Å². The first-order valence-electron chi connectivity index (χ1n) is 8.65. The molecule has 0 radical (unpaired) electrons. The number of ether oxygens (including phenoxy) is 1. The number of nitrogens with zero attached hydrogens (tertiary/aromatic N) is 1. The van der Waals surface area contributed by atoms with E-state index in [0.29, 0.717) is 24.1 Å². The molecular weight excluding hydrogens is 366 g/mol. The highest BCUT2D eigenvalue weighted by Crippen LogP contribution is 2.32. The second-order valence-electron chi connectivity index (χ2n) is 6.58. The number of fused-ring (bicyclic) bond motifs is 1. The predicted octanol–water partition coefficient (Wildman–Crippen LogP) is 2.98. The summed E-state index contributed by atoms with van der Waals surface area (Å²) < 4.78 is 37.8. The molecule has 1 atom stereocenters. The van der Waals surface area contributed by atoms with E-state index in [1.54, 1.807) is 19.2 Å². The van der Waals surface area contributed by atoms with E-state index in [1.165, 1.54) is 22.5 Å². The van der Waals surface area contributed by atoms with Gasteiger partial charge in [0, 0.05) is 24.5 Å². The van der Waals surface area contributed by atoms with Crippen LogP contribution in [-0.4, -0.2) is 32.9 Å². The molecule has 6 nitrogen and oxygen atoms in total. The topological polar surface area (TPSA) is 76.8 Å². The maximum Gasteiger partial charge on any atom is 0.336 e. The molecule has 4 rings (SSSR count). The van der Waals surface area contributed by atoms with Gasteiger partial charge in [0.25, 0.3) is 0 Å². The van der Waals surface area contributed by atoms with Crippen molar-refractivity contribution in [3.63, 3.8) is 0 Å². The van der Waals surface area contributed by atoms with E-state index in [2.05, 4.69) is 0 Å². The summed E-state index contributed by atoms with van der Waals surface area (Å²) in [7, 11) is -1.99. The number of methoxy groups -OCH3 is 1. The minimum absolute atomic E-state index is 0.157. The standard InChI is InChI=1S/C20H19NO5S/c1-25-17-5-2-14(3-6-17)16-10-11-21(13-16)27(23,24)18-7-8-19-15(12-18)4-9-20(22)26-19/h2-9,12,16H,10-11,13H2,1H3. The highest BCUT2D eigenvalue weighted by atomic mass is 32.2. The van der Waals surface area contributed by atoms with Crippen molar-refractivity contribution in [3.05, 3.63) is 70.6 Å². The molecule has 2 aromatic carbocycles. The molecule has 27 heavy (non-hydrogen) atoms. The molecule has 1 saturated heterocycles. The van der Waals surface area contributed by atoms with Crippen LogP contribution in [0.4, 0.5) is 0 Å². The predicted molar refractivity (Wildman–Crippen MR) is 102 cm³/mol. The average molecular weight is 385 g/mol. The van der Waals surface area contributed by atoms with Crippen molar-refractivity contribution < 1.29 is 17.6 Å². The van der Waals surface area contributed by atoms with Crippen molar-refractivity contribution in [3.8, 4) is 5.75 Å². The molecule has 0 aliphatic carbocycles. The summed E-state index contributed by atoms with van der Waals surface area (Å²) in [5.74, 6) is 0.938. The Hall–Kier alpha value is -2.64. The molecule has 140 valence electrons. The molecule has 1 aliphatic heterocycles. The summed E-state index contributed by atoms with van der Waals surface area (Å²) in [6, 6.07) is 15.2. The lowest BCUT2D eigenvalue weighted by Gasteiger charge is -2.17. The average Bonchev–Trinajstić information content (AvgIpc) is 3.18. The van der Waals surface area contributed by atoms with Crippen molar-refractivity contribution >= 4 is 21.0 Å². The molecule has 2 heterocycles. The van der Waals surface area contributed by atoms with Gasteiger partial charge in [-0.3, -0.25) is 0 Å². The fourth-order valence-electron chi connectivity index (χ4n) is 3.45. The second kappa shape index (κ2) is 6.83. The first-order chi connectivity index (χ1) is 13.0. The second-order valence-corrected chi connectivity index (χ2v) is 8.51. The van der Waals surface area contributed by atoms with Crippen molar-refractivity contribution in [2.75, 3.05) is 20.2 Å². The Bertz CT molecular complexity index is 1130. The molecule has 1 fully saturated rings. The summed E-state index contributed by atoms with van der Waals surface area (Å²) in [6.07, 6.45) is 0.772. The van der Waals surface area contributed by atoms with Crippen molar-refractivity contribution in [2.45, 2.75) is 17.2 Å². The Morgan fingerprint density at radius 2 is 1.85 bits per heavy atom. The Labute approximate surface area is 157 Å². The van der Waals surface area contributed by atoms with Crippen LogP contribution in [0.5, 0.6) is 5.75 Å². The zero-order valence-corrected chi connectivity index (χ0v) is 15.6. The van der Waals surface area contributed by atoms with Gasteiger partial charge < -0.3 is 9.15 Å². The van der Waals surface area contributed by atoms with Crippen LogP contribution in [-0.2, 0) is 10.0 Å². The van der Waals surface area contributed by atoms with Crippen molar-refractivity contribution in [1.29, 1.82) is 0 Å². The molecule has 0 spiro atoms. The number of sulfonamides is 1. The van der Waals surface area contributed by atoms with Crippen LogP contribution in [0.2, 0.25) is 0 Å². The van der Waals surface area contributed by atoms with Crippen LogP contribution >= 0.6 is 0 Å². The summed E-state index contributed by atoms with van der Waals surface area (Å²) in [6.45, 7) is 0.914. The van der Waals surface area contributed by atoms with E-state index in [1.807, 2.05) is 24.3 Å². The molecule has 0 saturated carbocycles. The van der Waals surface area contributed by atoms with Gasteiger partial charge in [0.2, 0.25) is 10.0 Å². The van der Waals surface area contributed by atoms with Gasteiger partial charge in [-0.1, -0.05) is 12.1 Å². The maximum atomic E-state index is 13.0. The third-order valence-electron chi connectivity index (χ3n) is 4.97. The van der Waals surface area contributed by atoms with Crippen LogP contribution in [0.25, 0.3) is 11.0 Å². The van der Waals surface area contributed by atoms with Gasteiger partial charge in [0.05, 0.1) is 12.0 Å². The smallest absolute Gasteiger partial charge is 0.336 e. The zero-order valence-electron chi connectivity index (χ0n) is 14.8. The molecule has 0 bridgehead atoms. The molecule has 1 aliphatic rings. The lowest BCUT2D eigenvalue weighted by molar-refractivity contribution is 0.414. The molecule has 1 unspecified atom stereocenters. The minimum Gasteiger partial charge on any atom is -0.497 e. The highest BCUT2D eigenvalue weighted by molar-refractivity contribution is 7.89. The lowest BCUT2D eigenvalue weighted by Crippen LogP contribution is -2.28. The molecule has 0 N–H and O–H groups in total. The van der Waals surface area contributed by atoms with Crippen molar-refractivity contribution in [2.24, 2.45) is 0 Å². The highest BCUT2D eigenvalue weighted by Gasteiger charge is 2.33. The van der Waals surface area contributed by atoms with E-state index >= 15 is 0 Å². The molecule has 3 aromatic rings. The number of hydrogen-bond acceptors (Lipinski definition) is 5. The first kappa shape index (κ1) is 17.8. The maximum absolute atomic E-state index is 13.0. The van der Waals surface area contributed by atoms with Crippen LogP contribution in [0.15, 0.2) is 68.7 Å². The molecule has 7 heteroatoms. The third-order valence-corrected chi connectivity index (χ3v) is 6.83. The van der Waals surface area contributed by atoms with E-state index < -0.39 is 15.6 Å². The molecule has 0 amide bonds. The van der Waals surface area contributed by atoms with E-state index in [0.717, 1.165) is 17.7 Å². The number of rotatable bonds is 4. The van der Waals surface area contributed by atoms with E-state index in [9.17, 15) is 13.2 Å². The summed E-state index contributed by atoms with van der Waals surface area (Å²) in [5, 5.41) is 0.585. The van der Waals surface area contributed by atoms with Gasteiger partial charge in [-0.15, -0.1) is 0 Å². The van der Waals surface area contributed by atoms with Gasteiger partial charge in [-0.05, 0) is 54.3 Å². The zero-order chi connectivity index (χ0) is 19.0. The van der Waals surface area contributed by atoms with E-state index in [4.69, 9.17) is 9.15 Å². The van der Waals surface area contributed by atoms with Crippen molar-refractivity contribution in [1.82, 2.24) is 4.31 Å². The monoisotopic (exact) mass is 385 g/mol. The van der Waals surface area contributed by atoms with Gasteiger partial charge in [0.15, 0.2) is 0 Å². The van der Waals surface area contributed by atoms with Gasteiger partial charge >= 0.3 is 5.63 Å². The molecular formula is C20H19NO5S. The number of benzene rings is 2. The summed E-state index contributed by atoms with van der Waals surface area (Å²) in [5.41, 5.74) is 1.02. The Kier molecular flexibility index (Phi) is 4.49. The first-order valence-corrected chi connectivity index (χ1v) is 10.1. The van der Waals surface area contributed by atoms with Gasteiger partial charge in [-0.2, -0.15) is 4.31 Å².